The normalized spacial score (nSPS) is 20.7. The van der Waals surface area contributed by atoms with E-state index in [-0.39, 0.29) is 11.9 Å². The second-order valence-electron chi connectivity index (χ2n) is 5.56. The van der Waals surface area contributed by atoms with Gasteiger partial charge in [-0.05, 0) is 48.5 Å². The van der Waals surface area contributed by atoms with Crippen LogP contribution in [0.25, 0.3) is 0 Å². The van der Waals surface area contributed by atoms with E-state index >= 15 is 0 Å². The number of thiophene rings is 1. The van der Waals surface area contributed by atoms with Crippen LogP contribution in [0.4, 0.5) is 4.39 Å². The number of halogens is 1. The minimum atomic E-state index is -0.794. The predicted molar refractivity (Wildman–Crippen MR) is 84.5 cm³/mol. The highest BCUT2D eigenvalue weighted by molar-refractivity contribution is 7.10. The number of nitrogens with zero attached hydrogens (tertiary/aromatic N) is 1. The molecule has 2 heterocycles. The molecular formula is C17H18FNO2S. The minimum absolute atomic E-state index is 0.197. The Morgan fingerprint density at radius 1 is 1.32 bits per heavy atom. The maximum absolute atomic E-state index is 13.7. The third-order valence-electron chi connectivity index (χ3n) is 4.14. The monoisotopic (exact) mass is 319 g/mol. The van der Waals surface area contributed by atoms with Crippen molar-refractivity contribution in [2.75, 3.05) is 6.54 Å². The van der Waals surface area contributed by atoms with Crippen LogP contribution in [0.15, 0.2) is 41.8 Å². The van der Waals surface area contributed by atoms with Gasteiger partial charge >= 0.3 is 5.97 Å². The van der Waals surface area contributed by atoms with Crippen LogP contribution in [-0.2, 0) is 4.79 Å². The number of hydrogen-bond acceptors (Lipinski definition) is 3. The Balaban J connectivity index is 2.03. The molecule has 0 aliphatic carbocycles. The lowest BCUT2D eigenvalue weighted by atomic mass is 9.95. The number of carboxylic acids is 1. The molecule has 3 nitrogen and oxygen atoms in total. The van der Waals surface area contributed by atoms with Gasteiger partial charge in [-0.15, -0.1) is 11.3 Å². The van der Waals surface area contributed by atoms with Gasteiger partial charge in [0.05, 0.1) is 6.04 Å². The van der Waals surface area contributed by atoms with Crippen LogP contribution in [-0.4, -0.2) is 28.6 Å². The SMILES string of the molecule is O=C(O)C1CCCCN1C(c1cccc(F)c1)c1cccs1. The fourth-order valence-corrected chi connectivity index (χ4v) is 4.04. The van der Waals surface area contributed by atoms with Crippen LogP contribution in [0, 0.1) is 5.82 Å². The zero-order chi connectivity index (χ0) is 15.5. The van der Waals surface area contributed by atoms with Gasteiger partial charge in [0.15, 0.2) is 0 Å². The second-order valence-corrected chi connectivity index (χ2v) is 6.54. The van der Waals surface area contributed by atoms with Crippen LogP contribution in [0.1, 0.15) is 35.7 Å². The van der Waals surface area contributed by atoms with E-state index in [0.29, 0.717) is 6.42 Å². The zero-order valence-electron chi connectivity index (χ0n) is 12.1. The molecule has 0 radical (unpaired) electrons. The quantitative estimate of drug-likeness (QED) is 0.928. The number of likely N-dealkylation sites (tertiary alicyclic amines) is 1. The summed E-state index contributed by atoms with van der Waals surface area (Å²) in [6, 6.07) is 9.73. The summed E-state index contributed by atoms with van der Waals surface area (Å²) < 4.78 is 13.7. The third-order valence-corrected chi connectivity index (χ3v) is 5.06. The molecule has 1 aromatic heterocycles. The molecule has 0 amide bonds. The Hall–Kier alpha value is -1.72. The smallest absolute Gasteiger partial charge is 0.320 e. The van der Waals surface area contributed by atoms with Crippen molar-refractivity contribution < 1.29 is 14.3 Å². The Kier molecular flexibility index (Phi) is 4.55. The molecule has 22 heavy (non-hydrogen) atoms. The second kappa shape index (κ2) is 6.58. The van der Waals surface area contributed by atoms with E-state index in [9.17, 15) is 14.3 Å². The maximum atomic E-state index is 13.7. The molecule has 1 fully saturated rings. The highest BCUT2D eigenvalue weighted by Crippen LogP contribution is 2.36. The standard InChI is InChI=1S/C17H18FNO2S/c18-13-6-3-5-12(11-13)16(15-8-4-10-22-15)19-9-2-1-7-14(19)17(20)21/h3-6,8,10-11,14,16H,1-2,7,9H2,(H,20,21). The summed E-state index contributed by atoms with van der Waals surface area (Å²) in [5.41, 5.74) is 0.815. The maximum Gasteiger partial charge on any atom is 0.320 e. The summed E-state index contributed by atoms with van der Waals surface area (Å²) in [6.45, 7) is 0.718. The molecule has 1 aliphatic rings. The molecule has 2 unspecified atom stereocenters. The first-order valence-corrected chi connectivity index (χ1v) is 8.32. The van der Waals surface area contributed by atoms with E-state index in [4.69, 9.17) is 0 Å². The lowest BCUT2D eigenvalue weighted by Crippen LogP contribution is -2.46. The lowest BCUT2D eigenvalue weighted by molar-refractivity contribution is -0.145. The van der Waals surface area contributed by atoms with Gasteiger partial charge in [0, 0.05) is 4.88 Å². The Morgan fingerprint density at radius 2 is 2.18 bits per heavy atom. The fraction of sp³-hybridized carbons (Fsp3) is 0.353. The Morgan fingerprint density at radius 3 is 2.86 bits per heavy atom. The van der Waals surface area contributed by atoms with Gasteiger partial charge in [0.1, 0.15) is 11.9 Å². The predicted octanol–water partition coefficient (Wildman–Crippen LogP) is 3.92. The summed E-state index contributed by atoms with van der Waals surface area (Å²) in [7, 11) is 0. The van der Waals surface area contributed by atoms with Gasteiger partial charge in [0.2, 0.25) is 0 Å². The molecule has 0 spiro atoms. The largest absolute Gasteiger partial charge is 0.480 e. The van der Waals surface area contributed by atoms with Crippen molar-refractivity contribution in [3.05, 3.63) is 58.0 Å². The van der Waals surface area contributed by atoms with Crippen molar-refractivity contribution in [1.82, 2.24) is 4.90 Å². The van der Waals surface area contributed by atoms with E-state index < -0.39 is 12.0 Å². The Bertz CT molecular complexity index is 644. The molecule has 116 valence electrons. The number of carbonyl (C=O) groups is 1. The molecule has 5 heteroatoms. The van der Waals surface area contributed by atoms with Crippen molar-refractivity contribution in [2.45, 2.75) is 31.3 Å². The fourth-order valence-electron chi connectivity index (χ4n) is 3.17. The summed E-state index contributed by atoms with van der Waals surface area (Å²) in [5.74, 6) is -1.08. The van der Waals surface area contributed by atoms with Gasteiger partial charge in [-0.3, -0.25) is 9.69 Å². The molecule has 1 saturated heterocycles. The van der Waals surface area contributed by atoms with Crippen LogP contribution < -0.4 is 0 Å². The number of hydrogen-bond donors (Lipinski definition) is 1. The van der Waals surface area contributed by atoms with Crippen LogP contribution in [0.2, 0.25) is 0 Å². The summed E-state index contributed by atoms with van der Waals surface area (Å²) in [5, 5.41) is 11.5. The molecular weight excluding hydrogens is 301 g/mol. The number of piperidine rings is 1. The average molecular weight is 319 g/mol. The molecule has 1 N–H and O–H groups in total. The number of benzene rings is 1. The van der Waals surface area contributed by atoms with E-state index in [0.717, 1.165) is 29.8 Å². The van der Waals surface area contributed by atoms with E-state index in [1.165, 1.54) is 12.1 Å². The Labute approximate surface area is 133 Å². The van der Waals surface area contributed by atoms with E-state index in [2.05, 4.69) is 0 Å². The number of aliphatic carboxylic acids is 1. The van der Waals surface area contributed by atoms with Gasteiger partial charge in [-0.25, -0.2) is 4.39 Å². The lowest BCUT2D eigenvalue weighted by Gasteiger charge is -2.39. The highest BCUT2D eigenvalue weighted by Gasteiger charge is 2.35. The van der Waals surface area contributed by atoms with E-state index in [1.54, 1.807) is 17.4 Å². The van der Waals surface area contributed by atoms with Crippen molar-refractivity contribution >= 4 is 17.3 Å². The van der Waals surface area contributed by atoms with Gasteiger partial charge in [-0.2, -0.15) is 0 Å². The molecule has 0 bridgehead atoms. The molecule has 2 aromatic rings. The first-order valence-electron chi connectivity index (χ1n) is 7.44. The average Bonchev–Trinajstić information content (AvgIpc) is 3.02. The van der Waals surface area contributed by atoms with Crippen molar-refractivity contribution in [3.63, 3.8) is 0 Å². The molecule has 0 saturated carbocycles. The van der Waals surface area contributed by atoms with Gasteiger partial charge < -0.3 is 5.11 Å². The zero-order valence-corrected chi connectivity index (χ0v) is 12.9. The highest BCUT2D eigenvalue weighted by atomic mass is 32.1. The van der Waals surface area contributed by atoms with Crippen LogP contribution >= 0.6 is 11.3 Å². The molecule has 1 aromatic carbocycles. The number of rotatable bonds is 4. The first-order chi connectivity index (χ1) is 10.7. The topological polar surface area (TPSA) is 40.5 Å². The summed E-state index contributed by atoms with van der Waals surface area (Å²) in [4.78, 5) is 14.7. The van der Waals surface area contributed by atoms with Crippen LogP contribution in [0.3, 0.4) is 0 Å². The van der Waals surface area contributed by atoms with Gasteiger partial charge in [0.25, 0.3) is 0 Å². The third kappa shape index (κ3) is 3.05. The first kappa shape index (κ1) is 15.2. The molecule has 1 aliphatic heterocycles. The van der Waals surface area contributed by atoms with Crippen molar-refractivity contribution in [3.8, 4) is 0 Å². The molecule has 3 rings (SSSR count). The summed E-state index contributed by atoms with van der Waals surface area (Å²) >= 11 is 1.58. The van der Waals surface area contributed by atoms with Gasteiger partial charge in [-0.1, -0.05) is 24.6 Å². The molecule has 2 atom stereocenters. The van der Waals surface area contributed by atoms with Crippen molar-refractivity contribution in [2.24, 2.45) is 0 Å². The summed E-state index contributed by atoms with van der Waals surface area (Å²) in [6.07, 6.45) is 2.54. The van der Waals surface area contributed by atoms with Crippen LogP contribution in [0.5, 0.6) is 0 Å². The number of carboxylic acid groups (broad SMARTS) is 1. The minimum Gasteiger partial charge on any atom is -0.480 e. The van der Waals surface area contributed by atoms with Crippen molar-refractivity contribution in [1.29, 1.82) is 0 Å². The van der Waals surface area contributed by atoms with E-state index in [1.807, 2.05) is 28.5 Å².